The van der Waals surface area contributed by atoms with Crippen molar-refractivity contribution in [2.24, 2.45) is 17.6 Å². The Bertz CT molecular complexity index is 234. The van der Waals surface area contributed by atoms with E-state index in [2.05, 4.69) is 0 Å². The zero-order chi connectivity index (χ0) is 12.8. The molecule has 0 radical (unpaired) electrons. The second-order valence-electron chi connectivity index (χ2n) is 5.89. The van der Waals surface area contributed by atoms with Gasteiger partial charge in [0, 0.05) is 0 Å². The molecular formula is C14H27NO2. The van der Waals surface area contributed by atoms with Crippen LogP contribution >= 0.6 is 0 Å². The molecular weight excluding hydrogens is 214 g/mol. The van der Waals surface area contributed by atoms with Crippen LogP contribution in [0.4, 0.5) is 0 Å². The fraction of sp³-hybridized carbons (Fsp3) is 0.929. The summed E-state index contributed by atoms with van der Waals surface area (Å²) in [4.78, 5) is 11.9. The first-order chi connectivity index (χ1) is 8.00. The SMILES string of the molecule is CC(C)CC(O)C(=O)[C@@H](N)CC1CCCCC1. The summed E-state index contributed by atoms with van der Waals surface area (Å²) in [7, 11) is 0. The average Bonchev–Trinajstić information content (AvgIpc) is 2.28. The van der Waals surface area contributed by atoms with Crippen molar-refractivity contribution < 1.29 is 9.90 Å². The number of rotatable bonds is 6. The van der Waals surface area contributed by atoms with Crippen LogP contribution in [0.2, 0.25) is 0 Å². The van der Waals surface area contributed by atoms with Crippen molar-refractivity contribution in [2.75, 3.05) is 0 Å². The lowest BCUT2D eigenvalue weighted by Gasteiger charge is -2.25. The van der Waals surface area contributed by atoms with Crippen LogP contribution in [0.3, 0.4) is 0 Å². The third kappa shape index (κ3) is 5.17. The molecule has 3 N–H and O–H groups in total. The van der Waals surface area contributed by atoms with Gasteiger partial charge < -0.3 is 10.8 Å². The summed E-state index contributed by atoms with van der Waals surface area (Å²) in [6.45, 7) is 4.01. The molecule has 1 aliphatic carbocycles. The first kappa shape index (κ1) is 14.7. The van der Waals surface area contributed by atoms with Crippen molar-refractivity contribution in [1.82, 2.24) is 0 Å². The normalized spacial score (nSPS) is 21.5. The Morgan fingerprint density at radius 1 is 1.29 bits per heavy atom. The summed E-state index contributed by atoms with van der Waals surface area (Å²) in [6.07, 6.45) is 6.65. The minimum Gasteiger partial charge on any atom is -0.385 e. The van der Waals surface area contributed by atoms with Crippen molar-refractivity contribution in [3.05, 3.63) is 0 Å². The van der Waals surface area contributed by atoms with Gasteiger partial charge in [0.2, 0.25) is 0 Å². The third-order valence-corrected chi connectivity index (χ3v) is 3.70. The number of Topliss-reactive ketones (excluding diaryl/α,β-unsaturated/α-hetero) is 1. The molecule has 1 saturated carbocycles. The van der Waals surface area contributed by atoms with Crippen molar-refractivity contribution in [3.8, 4) is 0 Å². The molecule has 3 heteroatoms. The smallest absolute Gasteiger partial charge is 0.177 e. The quantitative estimate of drug-likeness (QED) is 0.749. The maximum Gasteiger partial charge on any atom is 0.177 e. The van der Waals surface area contributed by atoms with Crippen LogP contribution in [-0.2, 0) is 4.79 Å². The van der Waals surface area contributed by atoms with Crippen LogP contribution in [0.25, 0.3) is 0 Å². The van der Waals surface area contributed by atoms with Gasteiger partial charge in [-0.2, -0.15) is 0 Å². The third-order valence-electron chi connectivity index (χ3n) is 3.70. The predicted molar refractivity (Wildman–Crippen MR) is 69.6 cm³/mol. The summed E-state index contributed by atoms with van der Waals surface area (Å²) >= 11 is 0. The number of aliphatic hydroxyl groups is 1. The molecule has 0 aromatic heterocycles. The number of carbonyl (C=O) groups is 1. The highest BCUT2D eigenvalue weighted by Gasteiger charge is 2.26. The van der Waals surface area contributed by atoms with Crippen molar-refractivity contribution in [3.63, 3.8) is 0 Å². The fourth-order valence-corrected chi connectivity index (χ4v) is 2.71. The zero-order valence-corrected chi connectivity index (χ0v) is 11.2. The minimum absolute atomic E-state index is 0.163. The van der Waals surface area contributed by atoms with Crippen LogP contribution in [0, 0.1) is 11.8 Å². The topological polar surface area (TPSA) is 63.3 Å². The van der Waals surface area contributed by atoms with Crippen molar-refractivity contribution in [1.29, 1.82) is 0 Å². The van der Waals surface area contributed by atoms with Crippen LogP contribution in [0.1, 0.15) is 58.8 Å². The Morgan fingerprint density at radius 3 is 2.41 bits per heavy atom. The molecule has 0 saturated heterocycles. The van der Waals surface area contributed by atoms with Gasteiger partial charge in [0.1, 0.15) is 6.10 Å². The van der Waals surface area contributed by atoms with Crippen molar-refractivity contribution in [2.45, 2.75) is 70.9 Å². The molecule has 0 aromatic carbocycles. The summed E-state index contributed by atoms with van der Waals surface area (Å²) in [5.74, 6) is 0.758. The highest BCUT2D eigenvalue weighted by atomic mass is 16.3. The molecule has 0 aliphatic heterocycles. The molecule has 1 fully saturated rings. The lowest BCUT2D eigenvalue weighted by Crippen LogP contribution is -2.40. The van der Waals surface area contributed by atoms with Gasteiger partial charge in [-0.15, -0.1) is 0 Å². The second-order valence-corrected chi connectivity index (χ2v) is 5.89. The van der Waals surface area contributed by atoms with Gasteiger partial charge in [-0.25, -0.2) is 0 Å². The van der Waals surface area contributed by atoms with Gasteiger partial charge >= 0.3 is 0 Å². The van der Waals surface area contributed by atoms with Gasteiger partial charge in [-0.3, -0.25) is 4.79 Å². The number of ketones is 1. The van der Waals surface area contributed by atoms with Crippen LogP contribution in [-0.4, -0.2) is 23.0 Å². The van der Waals surface area contributed by atoms with Gasteiger partial charge in [0.05, 0.1) is 6.04 Å². The van der Waals surface area contributed by atoms with E-state index in [1.807, 2.05) is 13.8 Å². The van der Waals surface area contributed by atoms with E-state index in [0.717, 1.165) is 6.42 Å². The maximum absolute atomic E-state index is 11.9. The van der Waals surface area contributed by atoms with Gasteiger partial charge in [-0.1, -0.05) is 46.0 Å². The van der Waals surface area contributed by atoms with Crippen molar-refractivity contribution >= 4 is 5.78 Å². The van der Waals surface area contributed by atoms with Gasteiger partial charge in [0.15, 0.2) is 5.78 Å². The summed E-state index contributed by atoms with van der Waals surface area (Å²) in [6, 6.07) is -0.466. The molecule has 0 heterocycles. The summed E-state index contributed by atoms with van der Waals surface area (Å²) in [5, 5.41) is 9.76. The lowest BCUT2D eigenvalue weighted by atomic mass is 9.83. The molecule has 0 aromatic rings. The molecule has 17 heavy (non-hydrogen) atoms. The Morgan fingerprint density at radius 2 is 1.88 bits per heavy atom. The number of hydrogen-bond donors (Lipinski definition) is 2. The molecule has 0 spiro atoms. The molecule has 2 atom stereocenters. The van der Waals surface area contributed by atoms with E-state index in [1.165, 1.54) is 32.1 Å². The van der Waals surface area contributed by atoms with E-state index in [9.17, 15) is 9.90 Å². The Kier molecular flexibility index (Phi) is 6.14. The first-order valence-corrected chi connectivity index (χ1v) is 6.98. The van der Waals surface area contributed by atoms with Crippen LogP contribution < -0.4 is 5.73 Å². The maximum atomic E-state index is 11.9. The number of hydrogen-bond acceptors (Lipinski definition) is 3. The highest BCUT2D eigenvalue weighted by Crippen LogP contribution is 2.27. The zero-order valence-electron chi connectivity index (χ0n) is 11.2. The standard InChI is InChI=1S/C14H27NO2/c1-10(2)8-13(16)14(17)12(15)9-11-6-4-3-5-7-11/h10-13,16H,3-9,15H2,1-2H3/t12-,13?/m0/s1. The molecule has 1 aliphatic rings. The molecule has 1 rings (SSSR count). The van der Waals surface area contributed by atoms with E-state index in [1.54, 1.807) is 0 Å². The minimum atomic E-state index is -0.867. The Hall–Kier alpha value is -0.410. The molecule has 100 valence electrons. The number of carbonyl (C=O) groups excluding carboxylic acids is 1. The molecule has 1 unspecified atom stereocenters. The predicted octanol–water partition coefficient (Wildman–Crippen LogP) is 2.26. The van der Waals surface area contributed by atoms with E-state index >= 15 is 0 Å². The summed E-state index contributed by atoms with van der Waals surface area (Å²) < 4.78 is 0. The number of aliphatic hydroxyl groups excluding tert-OH is 1. The van der Waals surface area contributed by atoms with E-state index in [0.29, 0.717) is 18.3 Å². The molecule has 0 bridgehead atoms. The van der Waals surface area contributed by atoms with E-state index in [4.69, 9.17) is 5.73 Å². The summed E-state index contributed by atoms with van der Waals surface area (Å²) in [5.41, 5.74) is 5.92. The largest absolute Gasteiger partial charge is 0.385 e. The van der Waals surface area contributed by atoms with Crippen LogP contribution in [0.5, 0.6) is 0 Å². The van der Waals surface area contributed by atoms with Crippen LogP contribution in [0.15, 0.2) is 0 Å². The van der Waals surface area contributed by atoms with Gasteiger partial charge in [0.25, 0.3) is 0 Å². The van der Waals surface area contributed by atoms with E-state index < -0.39 is 12.1 Å². The van der Waals surface area contributed by atoms with E-state index in [-0.39, 0.29) is 5.78 Å². The fourth-order valence-electron chi connectivity index (χ4n) is 2.71. The number of nitrogens with two attached hydrogens (primary N) is 1. The molecule has 3 nitrogen and oxygen atoms in total. The first-order valence-electron chi connectivity index (χ1n) is 6.98. The van der Waals surface area contributed by atoms with Gasteiger partial charge in [-0.05, 0) is 24.7 Å². The average molecular weight is 241 g/mol. The molecule has 0 amide bonds. The highest BCUT2D eigenvalue weighted by molar-refractivity contribution is 5.87. The Balaban J connectivity index is 2.34. The lowest BCUT2D eigenvalue weighted by molar-refractivity contribution is -0.129. The second kappa shape index (κ2) is 7.12. The Labute approximate surface area is 105 Å². The monoisotopic (exact) mass is 241 g/mol.